The largest absolute Gasteiger partial charge is 0.354 e. The van der Waals surface area contributed by atoms with E-state index in [-0.39, 0.29) is 5.91 Å². The molecule has 1 amide bonds. The van der Waals surface area contributed by atoms with Gasteiger partial charge in [-0.25, -0.2) is 4.98 Å². The highest BCUT2D eigenvalue weighted by Gasteiger charge is 2.13. The summed E-state index contributed by atoms with van der Waals surface area (Å²) in [5, 5.41) is 5.92. The zero-order chi connectivity index (χ0) is 14.4. The monoisotopic (exact) mass is 289 g/mol. The lowest BCUT2D eigenvalue weighted by atomic mass is 10.1. The molecule has 0 saturated heterocycles. The predicted molar refractivity (Wildman–Crippen MR) is 81.7 cm³/mol. The number of aryl methyl sites for hydroxylation is 1. The first-order chi connectivity index (χ1) is 9.65. The summed E-state index contributed by atoms with van der Waals surface area (Å²) in [4.78, 5) is 16.2. The van der Waals surface area contributed by atoms with Crippen molar-refractivity contribution in [3.63, 3.8) is 0 Å². The van der Waals surface area contributed by atoms with Crippen LogP contribution in [0.3, 0.4) is 0 Å². The molecule has 1 unspecified atom stereocenters. The number of thiazole rings is 1. The average molecular weight is 289 g/mol. The second kappa shape index (κ2) is 7.17. The highest BCUT2D eigenvalue weighted by molar-refractivity contribution is 7.09. The minimum absolute atomic E-state index is 0.109. The standard InChI is InChI=1S/C15H19N3OS/c1-11-10-20-14(18-11)7-8-17-15(19)13(16)9-12-5-3-2-4-6-12/h2-6,10,13H,7-9,16H2,1H3,(H,17,19). The number of benzene rings is 1. The smallest absolute Gasteiger partial charge is 0.237 e. The predicted octanol–water partition coefficient (Wildman–Crippen LogP) is 1.68. The molecule has 0 aliphatic rings. The van der Waals surface area contributed by atoms with Gasteiger partial charge in [-0.1, -0.05) is 30.3 Å². The van der Waals surface area contributed by atoms with Gasteiger partial charge in [-0.3, -0.25) is 4.79 Å². The molecule has 1 aromatic carbocycles. The number of amides is 1. The number of nitrogens with zero attached hydrogens (tertiary/aromatic N) is 1. The number of hydrogen-bond donors (Lipinski definition) is 2. The van der Waals surface area contributed by atoms with Crippen molar-refractivity contribution in [1.29, 1.82) is 0 Å². The van der Waals surface area contributed by atoms with Gasteiger partial charge in [0.15, 0.2) is 0 Å². The number of nitrogens with two attached hydrogens (primary N) is 1. The van der Waals surface area contributed by atoms with Gasteiger partial charge in [0.2, 0.25) is 5.91 Å². The van der Waals surface area contributed by atoms with Gasteiger partial charge in [-0.05, 0) is 18.9 Å². The number of carbonyl (C=O) groups is 1. The van der Waals surface area contributed by atoms with Crippen LogP contribution in [-0.2, 0) is 17.6 Å². The van der Waals surface area contributed by atoms with Gasteiger partial charge in [-0.15, -0.1) is 11.3 Å². The van der Waals surface area contributed by atoms with Crippen molar-refractivity contribution in [3.05, 3.63) is 52.0 Å². The van der Waals surface area contributed by atoms with Crippen LogP contribution >= 0.6 is 11.3 Å². The number of hydrogen-bond acceptors (Lipinski definition) is 4. The molecule has 1 aromatic heterocycles. The van der Waals surface area contributed by atoms with E-state index in [2.05, 4.69) is 10.3 Å². The SMILES string of the molecule is Cc1csc(CCNC(=O)C(N)Cc2ccccc2)n1. The molecule has 2 aromatic rings. The maximum absolute atomic E-state index is 11.9. The molecule has 0 spiro atoms. The van der Waals surface area contributed by atoms with Crippen molar-refractivity contribution in [3.8, 4) is 0 Å². The maximum atomic E-state index is 11.9. The fourth-order valence-corrected chi connectivity index (χ4v) is 2.68. The Kier molecular flexibility index (Phi) is 5.26. The molecule has 0 radical (unpaired) electrons. The van der Waals surface area contributed by atoms with Crippen molar-refractivity contribution < 1.29 is 4.79 Å². The molecular weight excluding hydrogens is 270 g/mol. The van der Waals surface area contributed by atoms with Crippen LogP contribution in [0.15, 0.2) is 35.7 Å². The summed E-state index contributed by atoms with van der Waals surface area (Å²) in [6.07, 6.45) is 1.31. The topological polar surface area (TPSA) is 68.0 Å². The number of carbonyl (C=O) groups excluding carboxylic acids is 1. The van der Waals surface area contributed by atoms with Gasteiger partial charge in [0.1, 0.15) is 0 Å². The van der Waals surface area contributed by atoms with Gasteiger partial charge in [0.05, 0.1) is 11.0 Å². The quantitative estimate of drug-likeness (QED) is 0.850. The fourth-order valence-electron chi connectivity index (χ4n) is 1.90. The van der Waals surface area contributed by atoms with Crippen LogP contribution < -0.4 is 11.1 Å². The number of rotatable bonds is 6. The van der Waals surface area contributed by atoms with Crippen LogP contribution in [0.4, 0.5) is 0 Å². The third kappa shape index (κ3) is 4.43. The summed E-state index contributed by atoms with van der Waals surface area (Å²) in [5.74, 6) is -0.109. The highest BCUT2D eigenvalue weighted by atomic mass is 32.1. The molecule has 0 aliphatic carbocycles. The van der Waals surface area contributed by atoms with Crippen molar-refractivity contribution in [2.45, 2.75) is 25.8 Å². The van der Waals surface area contributed by atoms with Crippen molar-refractivity contribution in [2.24, 2.45) is 5.73 Å². The van der Waals surface area contributed by atoms with E-state index in [1.807, 2.05) is 42.6 Å². The Hall–Kier alpha value is -1.72. The molecule has 5 heteroatoms. The summed E-state index contributed by atoms with van der Waals surface area (Å²) >= 11 is 1.62. The zero-order valence-electron chi connectivity index (χ0n) is 11.5. The van der Waals surface area contributed by atoms with E-state index in [1.165, 1.54) is 0 Å². The summed E-state index contributed by atoms with van der Waals surface area (Å²) in [6.45, 7) is 2.54. The Labute approximate surface area is 123 Å². The maximum Gasteiger partial charge on any atom is 0.237 e. The van der Waals surface area contributed by atoms with Crippen molar-refractivity contribution in [1.82, 2.24) is 10.3 Å². The van der Waals surface area contributed by atoms with Gasteiger partial charge < -0.3 is 11.1 Å². The number of nitrogens with one attached hydrogen (secondary N) is 1. The van der Waals surface area contributed by atoms with E-state index in [0.717, 1.165) is 22.7 Å². The lowest BCUT2D eigenvalue weighted by Crippen LogP contribution is -2.42. The summed E-state index contributed by atoms with van der Waals surface area (Å²) in [7, 11) is 0. The first-order valence-electron chi connectivity index (χ1n) is 6.63. The summed E-state index contributed by atoms with van der Waals surface area (Å²) in [5.41, 5.74) is 8.01. The minimum atomic E-state index is -0.504. The fraction of sp³-hybridized carbons (Fsp3) is 0.333. The van der Waals surface area contributed by atoms with Gasteiger partial charge in [0.25, 0.3) is 0 Å². The Bertz CT molecular complexity index is 553. The second-order valence-corrected chi connectivity index (χ2v) is 5.66. The average Bonchev–Trinajstić information content (AvgIpc) is 2.85. The molecule has 0 fully saturated rings. The van der Waals surface area contributed by atoms with Crippen LogP contribution in [0.25, 0.3) is 0 Å². The molecule has 3 N–H and O–H groups in total. The van der Waals surface area contributed by atoms with Crippen LogP contribution in [-0.4, -0.2) is 23.5 Å². The van der Waals surface area contributed by atoms with E-state index in [1.54, 1.807) is 11.3 Å². The van der Waals surface area contributed by atoms with Crippen LogP contribution in [0, 0.1) is 6.92 Å². The molecular formula is C15H19N3OS. The Morgan fingerprint density at radius 3 is 2.80 bits per heavy atom. The second-order valence-electron chi connectivity index (χ2n) is 4.72. The van der Waals surface area contributed by atoms with Crippen LogP contribution in [0.2, 0.25) is 0 Å². The molecule has 2 rings (SSSR count). The molecule has 0 aliphatic heterocycles. The van der Waals surface area contributed by atoms with Gasteiger partial charge in [0, 0.05) is 24.0 Å². The Morgan fingerprint density at radius 1 is 1.40 bits per heavy atom. The molecule has 20 heavy (non-hydrogen) atoms. The normalized spacial score (nSPS) is 12.1. The molecule has 106 valence electrons. The van der Waals surface area contributed by atoms with E-state index < -0.39 is 6.04 Å². The third-order valence-corrected chi connectivity index (χ3v) is 3.97. The first-order valence-corrected chi connectivity index (χ1v) is 7.51. The Morgan fingerprint density at radius 2 is 2.15 bits per heavy atom. The lowest BCUT2D eigenvalue weighted by Gasteiger charge is -2.11. The Balaban J connectivity index is 1.74. The number of aromatic nitrogens is 1. The zero-order valence-corrected chi connectivity index (χ0v) is 12.3. The summed E-state index contributed by atoms with van der Waals surface area (Å²) < 4.78 is 0. The molecule has 4 nitrogen and oxygen atoms in total. The highest BCUT2D eigenvalue weighted by Crippen LogP contribution is 2.08. The molecule has 1 heterocycles. The minimum Gasteiger partial charge on any atom is -0.354 e. The van der Waals surface area contributed by atoms with E-state index in [0.29, 0.717) is 13.0 Å². The molecule has 1 atom stereocenters. The van der Waals surface area contributed by atoms with Gasteiger partial charge >= 0.3 is 0 Å². The van der Waals surface area contributed by atoms with Crippen molar-refractivity contribution >= 4 is 17.2 Å². The van der Waals surface area contributed by atoms with Crippen LogP contribution in [0.1, 0.15) is 16.3 Å². The van der Waals surface area contributed by atoms with E-state index in [9.17, 15) is 4.79 Å². The van der Waals surface area contributed by atoms with Crippen LogP contribution in [0.5, 0.6) is 0 Å². The van der Waals surface area contributed by atoms with E-state index in [4.69, 9.17) is 5.73 Å². The van der Waals surface area contributed by atoms with Crippen molar-refractivity contribution in [2.75, 3.05) is 6.54 Å². The lowest BCUT2D eigenvalue weighted by molar-refractivity contribution is -0.122. The first kappa shape index (κ1) is 14.7. The molecule has 0 bridgehead atoms. The third-order valence-electron chi connectivity index (χ3n) is 2.94. The van der Waals surface area contributed by atoms with E-state index >= 15 is 0 Å². The van der Waals surface area contributed by atoms with Gasteiger partial charge in [-0.2, -0.15) is 0 Å². The summed E-state index contributed by atoms with van der Waals surface area (Å²) in [6, 6.07) is 9.30. The molecule has 0 saturated carbocycles.